The van der Waals surface area contributed by atoms with Crippen LogP contribution in [-0.4, -0.2) is 54.6 Å². The largest absolute Gasteiger partial charge is 0.383 e. The van der Waals surface area contributed by atoms with E-state index in [1.807, 2.05) is 17.0 Å². The molecular formula is C18H24Cl2N2O2. The summed E-state index contributed by atoms with van der Waals surface area (Å²) in [5.41, 5.74) is 0.615. The predicted octanol–water partition coefficient (Wildman–Crippen LogP) is 3.60. The van der Waals surface area contributed by atoms with E-state index in [1.54, 1.807) is 13.2 Å². The van der Waals surface area contributed by atoms with Gasteiger partial charge in [-0.3, -0.25) is 9.69 Å². The number of carbonyl (C=O) groups is 1. The minimum Gasteiger partial charge on any atom is -0.383 e. The molecule has 1 unspecified atom stereocenters. The third kappa shape index (κ3) is 3.43. The van der Waals surface area contributed by atoms with Crippen LogP contribution in [0.5, 0.6) is 0 Å². The molecular weight excluding hydrogens is 347 g/mol. The first-order valence-electron chi connectivity index (χ1n) is 8.54. The molecule has 1 atom stereocenters. The van der Waals surface area contributed by atoms with Crippen molar-refractivity contribution in [3.05, 3.63) is 33.8 Å². The van der Waals surface area contributed by atoms with Crippen molar-refractivity contribution in [3.8, 4) is 0 Å². The van der Waals surface area contributed by atoms with Crippen LogP contribution >= 0.6 is 23.2 Å². The molecule has 0 bridgehead atoms. The van der Waals surface area contributed by atoms with Crippen LogP contribution in [0.2, 0.25) is 10.0 Å². The molecule has 24 heavy (non-hydrogen) atoms. The Labute approximate surface area is 153 Å². The number of amides is 1. The Morgan fingerprint density at radius 2 is 1.96 bits per heavy atom. The number of halogens is 2. The lowest BCUT2D eigenvalue weighted by Crippen LogP contribution is -2.60. The highest BCUT2D eigenvalue weighted by Crippen LogP contribution is 2.39. The summed E-state index contributed by atoms with van der Waals surface area (Å²) < 4.78 is 5.16. The second-order valence-corrected chi connectivity index (χ2v) is 7.52. The number of carbonyl (C=O) groups excluding carboxylic acids is 1. The maximum Gasteiger partial charge on any atom is 0.243 e. The lowest BCUT2D eigenvalue weighted by Gasteiger charge is -2.44. The van der Waals surface area contributed by atoms with Gasteiger partial charge in [0.2, 0.25) is 5.91 Å². The molecule has 2 aliphatic rings. The van der Waals surface area contributed by atoms with Crippen molar-refractivity contribution >= 4 is 29.1 Å². The van der Waals surface area contributed by atoms with Crippen molar-refractivity contribution in [2.24, 2.45) is 0 Å². The second-order valence-electron chi connectivity index (χ2n) is 6.68. The van der Waals surface area contributed by atoms with Crippen molar-refractivity contribution in [1.29, 1.82) is 0 Å². The third-order valence-corrected chi connectivity index (χ3v) is 5.87. The molecule has 0 aromatic heterocycles. The zero-order valence-electron chi connectivity index (χ0n) is 14.1. The lowest BCUT2D eigenvalue weighted by molar-refractivity contribution is -0.148. The van der Waals surface area contributed by atoms with E-state index in [-0.39, 0.29) is 11.4 Å². The highest BCUT2D eigenvalue weighted by Gasteiger charge is 2.50. The number of hydrogen-bond donors (Lipinski definition) is 0. The summed E-state index contributed by atoms with van der Waals surface area (Å²) >= 11 is 12.5. The number of rotatable bonds is 5. The molecule has 6 heteroatoms. The zero-order valence-corrected chi connectivity index (χ0v) is 15.6. The summed E-state index contributed by atoms with van der Waals surface area (Å²) in [6.45, 7) is 3.68. The van der Waals surface area contributed by atoms with Gasteiger partial charge >= 0.3 is 0 Å². The predicted molar refractivity (Wildman–Crippen MR) is 96.5 cm³/mol. The van der Waals surface area contributed by atoms with Crippen molar-refractivity contribution in [2.45, 2.75) is 37.8 Å². The molecule has 1 spiro atoms. The number of nitrogens with zero attached hydrogens (tertiary/aromatic N) is 2. The second kappa shape index (κ2) is 7.61. The number of benzene rings is 1. The SMILES string of the molecule is COCCN1CCCC2(CCCN2Cc2cc(Cl)ccc2Cl)C1=O. The van der Waals surface area contributed by atoms with Gasteiger partial charge < -0.3 is 9.64 Å². The monoisotopic (exact) mass is 370 g/mol. The summed E-state index contributed by atoms with van der Waals surface area (Å²) in [5, 5.41) is 1.39. The van der Waals surface area contributed by atoms with E-state index in [4.69, 9.17) is 27.9 Å². The average molecular weight is 371 g/mol. The molecule has 0 N–H and O–H groups in total. The van der Waals surface area contributed by atoms with Crippen LogP contribution in [0.15, 0.2) is 18.2 Å². The van der Waals surface area contributed by atoms with Gasteiger partial charge in [0.25, 0.3) is 0 Å². The number of piperidine rings is 1. The Balaban J connectivity index is 1.80. The molecule has 0 saturated carbocycles. The van der Waals surface area contributed by atoms with Crippen molar-refractivity contribution < 1.29 is 9.53 Å². The van der Waals surface area contributed by atoms with Gasteiger partial charge in [-0.15, -0.1) is 0 Å². The van der Waals surface area contributed by atoms with E-state index >= 15 is 0 Å². The molecule has 4 nitrogen and oxygen atoms in total. The Morgan fingerprint density at radius 3 is 2.71 bits per heavy atom. The van der Waals surface area contributed by atoms with Crippen LogP contribution in [0, 0.1) is 0 Å². The first kappa shape index (κ1) is 18.0. The molecule has 2 heterocycles. The van der Waals surface area contributed by atoms with Crippen molar-refractivity contribution in [1.82, 2.24) is 9.80 Å². The summed E-state index contributed by atoms with van der Waals surface area (Å²) in [4.78, 5) is 17.5. The topological polar surface area (TPSA) is 32.8 Å². The van der Waals surface area contributed by atoms with E-state index in [1.165, 1.54) is 0 Å². The van der Waals surface area contributed by atoms with Crippen molar-refractivity contribution in [2.75, 3.05) is 33.4 Å². The zero-order chi connectivity index (χ0) is 17.2. The minimum absolute atomic E-state index is 0.251. The summed E-state index contributed by atoms with van der Waals surface area (Å²) in [6.07, 6.45) is 3.93. The van der Waals surface area contributed by atoms with E-state index in [0.717, 1.165) is 44.3 Å². The molecule has 1 amide bonds. The summed E-state index contributed by atoms with van der Waals surface area (Å²) in [5.74, 6) is 0.251. The van der Waals surface area contributed by atoms with Crippen LogP contribution < -0.4 is 0 Å². The van der Waals surface area contributed by atoms with E-state index < -0.39 is 0 Å². The smallest absolute Gasteiger partial charge is 0.243 e. The van der Waals surface area contributed by atoms with Gasteiger partial charge in [-0.05, 0) is 56.0 Å². The Morgan fingerprint density at radius 1 is 1.21 bits per heavy atom. The molecule has 3 rings (SSSR count). The number of methoxy groups -OCH3 is 1. The molecule has 0 radical (unpaired) electrons. The van der Waals surface area contributed by atoms with Crippen LogP contribution in [0.3, 0.4) is 0 Å². The molecule has 2 aliphatic heterocycles. The van der Waals surface area contributed by atoms with Gasteiger partial charge in [-0.25, -0.2) is 0 Å². The quantitative estimate of drug-likeness (QED) is 0.793. The average Bonchev–Trinajstić information content (AvgIpc) is 2.96. The Bertz CT molecular complexity index is 611. The Kier molecular flexibility index (Phi) is 5.70. The molecule has 1 aromatic rings. The normalized spacial score (nSPS) is 25.0. The molecule has 2 saturated heterocycles. The van der Waals surface area contributed by atoms with E-state index in [0.29, 0.717) is 29.7 Å². The van der Waals surface area contributed by atoms with Gasteiger partial charge in [-0.2, -0.15) is 0 Å². The van der Waals surface area contributed by atoms with Crippen LogP contribution in [0.1, 0.15) is 31.2 Å². The summed E-state index contributed by atoms with van der Waals surface area (Å²) in [7, 11) is 1.67. The van der Waals surface area contributed by atoms with Gasteiger partial charge in [0.1, 0.15) is 5.54 Å². The number of hydrogen-bond acceptors (Lipinski definition) is 3. The van der Waals surface area contributed by atoms with Gasteiger partial charge in [0, 0.05) is 36.8 Å². The van der Waals surface area contributed by atoms with Gasteiger partial charge in [0.15, 0.2) is 0 Å². The molecule has 1 aromatic carbocycles. The van der Waals surface area contributed by atoms with Gasteiger partial charge in [-0.1, -0.05) is 23.2 Å². The van der Waals surface area contributed by atoms with E-state index in [2.05, 4.69) is 4.90 Å². The van der Waals surface area contributed by atoms with E-state index in [9.17, 15) is 4.79 Å². The minimum atomic E-state index is -0.377. The van der Waals surface area contributed by atoms with Crippen LogP contribution in [-0.2, 0) is 16.1 Å². The molecule has 132 valence electrons. The Hall–Kier alpha value is -0.810. The summed E-state index contributed by atoms with van der Waals surface area (Å²) in [6, 6.07) is 5.53. The fourth-order valence-corrected chi connectivity index (χ4v) is 4.41. The third-order valence-electron chi connectivity index (χ3n) is 5.26. The maximum absolute atomic E-state index is 13.2. The number of likely N-dealkylation sites (tertiary alicyclic amines) is 2. The number of ether oxygens (including phenoxy) is 1. The van der Waals surface area contributed by atoms with Crippen LogP contribution in [0.4, 0.5) is 0 Å². The first-order valence-corrected chi connectivity index (χ1v) is 9.30. The highest BCUT2D eigenvalue weighted by atomic mass is 35.5. The molecule has 0 aliphatic carbocycles. The fourth-order valence-electron chi connectivity index (χ4n) is 4.04. The van der Waals surface area contributed by atoms with Crippen LogP contribution in [0.25, 0.3) is 0 Å². The lowest BCUT2D eigenvalue weighted by atomic mass is 9.85. The molecule has 2 fully saturated rings. The van der Waals surface area contributed by atoms with Gasteiger partial charge in [0.05, 0.1) is 6.61 Å². The standard InChI is InChI=1S/C18H24Cl2N2O2/c1-24-11-10-21-8-2-6-18(17(21)23)7-3-9-22(18)13-14-12-15(19)4-5-16(14)20/h4-5,12H,2-3,6-11,13H2,1H3. The highest BCUT2D eigenvalue weighted by molar-refractivity contribution is 6.33. The maximum atomic E-state index is 13.2. The fraction of sp³-hybridized carbons (Fsp3) is 0.611. The first-order chi connectivity index (χ1) is 11.6. The van der Waals surface area contributed by atoms with Crippen molar-refractivity contribution in [3.63, 3.8) is 0 Å².